The molecule has 4 aromatic rings. The average Bonchev–Trinajstić information content (AvgIpc) is 3.36. The van der Waals surface area contributed by atoms with Crippen LogP contribution in [0.25, 0.3) is 10.9 Å². The van der Waals surface area contributed by atoms with Crippen molar-refractivity contribution in [1.29, 1.82) is 0 Å². The van der Waals surface area contributed by atoms with Crippen LogP contribution in [0.1, 0.15) is 86.0 Å². The zero-order chi connectivity index (χ0) is 25.8. The molecule has 7 nitrogen and oxygen atoms in total. The number of hydrogen-bond acceptors (Lipinski definition) is 5. The van der Waals surface area contributed by atoms with Crippen molar-refractivity contribution >= 4 is 10.9 Å². The van der Waals surface area contributed by atoms with E-state index in [9.17, 15) is 4.79 Å². The van der Waals surface area contributed by atoms with Crippen LogP contribution in [-0.2, 0) is 13.1 Å². The lowest BCUT2D eigenvalue weighted by atomic mass is 9.91. The molecule has 0 radical (unpaired) electrons. The Morgan fingerprint density at radius 1 is 1.05 bits per heavy atom. The number of nitrogens with zero attached hydrogens (tertiary/aromatic N) is 5. The highest BCUT2D eigenvalue weighted by Gasteiger charge is 2.32. The maximum Gasteiger partial charge on any atom is 0.252 e. The third kappa shape index (κ3) is 5.67. The summed E-state index contributed by atoms with van der Waals surface area (Å²) in [6, 6.07) is 17.1. The number of aryl methyl sites for hydroxylation is 2. The summed E-state index contributed by atoms with van der Waals surface area (Å²) in [5.41, 5.74) is 5.30. The smallest absolute Gasteiger partial charge is 0.252 e. The molecule has 0 spiro atoms. The second-order valence-corrected chi connectivity index (χ2v) is 10.6. The van der Waals surface area contributed by atoms with Gasteiger partial charge in [0.15, 0.2) is 5.82 Å². The average molecular weight is 499 g/mol. The van der Waals surface area contributed by atoms with Crippen LogP contribution in [0.5, 0.6) is 0 Å². The van der Waals surface area contributed by atoms with Gasteiger partial charge in [0.1, 0.15) is 0 Å². The first-order valence-corrected chi connectivity index (χ1v) is 13.7. The van der Waals surface area contributed by atoms with Crippen LogP contribution >= 0.6 is 0 Å². The first-order chi connectivity index (χ1) is 18.0. The summed E-state index contributed by atoms with van der Waals surface area (Å²) >= 11 is 0. The lowest BCUT2D eigenvalue weighted by Gasteiger charge is -2.39. The fourth-order valence-electron chi connectivity index (χ4n) is 5.78. The van der Waals surface area contributed by atoms with Gasteiger partial charge in [-0.05, 0) is 83.8 Å². The molecule has 2 aromatic carbocycles. The summed E-state index contributed by atoms with van der Waals surface area (Å²) in [7, 11) is 0. The molecular formula is C30H38N6O. The summed E-state index contributed by atoms with van der Waals surface area (Å²) in [6.07, 6.45) is 7.97. The van der Waals surface area contributed by atoms with Crippen LogP contribution < -0.4 is 5.56 Å². The number of aromatic nitrogens is 5. The molecule has 0 aliphatic heterocycles. The number of rotatable bonds is 9. The van der Waals surface area contributed by atoms with E-state index in [4.69, 9.17) is 0 Å². The highest BCUT2D eigenvalue weighted by Crippen LogP contribution is 2.34. The lowest BCUT2D eigenvalue weighted by Crippen LogP contribution is -2.41. The van der Waals surface area contributed by atoms with Gasteiger partial charge in [0.25, 0.3) is 5.56 Å². The molecule has 1 unspecified atom stereocenters. The number of hydrogen-bond donors (Lipinski definition) is 1. The van der Waals surface area contributed by atoms with Crippen molar-refractivity contribution in [2.45, 2.75) is 90.9 Å². The Kier molecular flexibility index (Phi) is 7.79. The van der Waals surface area contributed by atoms with Crippen LogP contribution in [0.3, 0.4) is 0 Å². The number of fused-ring (bicyclic) bond motifs is 1. The molecule has 1 fully saturated rings. The van der Waals surface area contributed by atoms with Crippen molar-refractivity contribution in [3.8, 4) is 0 Å². The summed E-state index contributed by atoms with van der Waals surface area (Å²) in [6.45, 7) is 7.65. The maximum atomic E-state index is 13.3. The first-order valence-electron chi connectivity index (χ1n) is 13.7. The van der Waals surface area contributed by atoms with Gasteiger partial charge < -0.3 is 4.98 Å². The quantitative estimate of drug-likeness (QED) is 0.313. The molecule has 1 atom stereocenters. The molecule has 0 saturated heterocycles. The summed E-state index contributed by atoms with van der Waals surface area (Å²) in [5.74, 6) is 0.889. The molecule has 1 N–H and O–H groups in total. The molecule has 7 heteroatoms. The van der Waals surface area contributed by atoms with Gasteiger partial charge in [-0.2, -0.15) is 0 Å². The highest BCUT2D eigenvalue weighted by molar-refractivity contribution is 5.80. The Bertz CT molecular complexity index is 1390. The molecule has 5 rings (SSSR count). The van der Waals surface area contributed by atoms with Gasteiger partial charge in [0.05, 0.1) is 12.6 Å². The van der Waals surface area contributed by atoms with Crippen LogP contribution in [0.2, 0.25) is 0 Å². The fraction of sp³-hybridized carbons (Fsp3) is 0.467. The topological polar surface area (TPSA) is 79.7 Å². The second-order valence-electron chi connectivity index (χ2n) is 10.6. The third-order valence-corrected chi connectivity index (χ3v) is 7.93. The number of tetrazole rings is 1. The number of H-pyrrole nitrogens is 1. The van der Waals surface area contributed by atoms with Gasteiger partial charge >= 0.3 is 0 Å². The zero-order valence-electron chi connectivity index (χ0n) is 22.3. The van der Waals surface area contributed by atoms with Gasteiger partial charge in [-0.15, -0.1) is 5.10 Å². The Hall–Kier alpha value is -3.32. The zero-order valence-corrected chi connectivity index (χ0v) is 22.3. The van der Waals surface area contributed by atoms with E-state index in [1.165, 1.54) is 36.0 Å². The van der Waals surface area contributed by atoms with E-state index in [-0.39, 0.29) is 11.6 Å². The minimum Gasteiger partial charge on any atom is -0.322 e. The van der Waals surface area contributed by atoms with Crippen molar-refractivity contribution in [1.82, 2.24) is 30.1 Å². The Morgan fingerprint density at radius 2 is 1.81 bits per heavy atom. The van der Waals surface area contributed by atoms with Crippen molar-refractivity contribution < 1.29 is 0 Å². The number of aromatic amines is 1. The number of nitrogens with one attached hydrogen (secondary N) is 1. The van der Waals surface area contributed by atoms with Crippen LogP contribution in [0.15, 0.2) is 53.3 Å². The molecule has 194 valence electrons. The molecule has 1 aliphatic carbocycles. The van der Waals surface area contributed by atoms with E-state index < -0.39 is 0 Å². The van der Waals surface area contributed by atoms with Crippen molar-refractivity contribution in [3.63, 3.8) is 0 Å². The summed E-state index contributed by atoms with van der Waals surface area (Å²) in [4.78, 5) is 19.0. The molecule has 1 saturated carbocycles. The lowest BCUT2D eigenvalue weighted by molar-refractivity contribution is 0.0812. The largest absolute Gasteiger partial charge is 0.322 e. The maximum absolute atomic E-state index is 13.3. The molecular weight excluding hydrogens is 460 g/mol. The van der Waals surface area contributed by atoms with E-state index >= 15 is 0 Å². The van der Waals surface area contributed by atoms with Gasteiger partial charge in [0, 0.05) is 23.7 Å². The van der Waals surface area contributed by atoms with E-state index in [1.54, 1.807) is 0 Å². The molecule has 2 aromatic heterocycles. The predicted octanol–water partition coefficient (Wildman–Crippen LogP) is 5.86. The highest BCUT2D eigenvalue weighted by atomic mass is 16.1. The van der Waals surface area contributed by atoms with E-state index in [0.29, 0.717) is 19.1 Å². The molecule has 2 heterocycles. The van der Waals surface area contributed by atoms with Crippen LogP contribution in [0, 0.1) is 13.8 Å². The van der Waals surface area contributed by atoms with Gasteiger partial charge in [-0.3, -0.25) is 9.69 Å². The first kappa shape index (κ1) is 25.3. The second kappa shape index (κ2) is 11.4. The molecule has 0 amide bonds. The summed E-state index contributed by atoms with van der Waals surface area (Å²) < 4.78 is 1.95. The number of benzene rings is 2. The molecule has 0 bridgehead atoms. The third-order valence-electron chi connectivity index (χ3n) is 7.93. The predicted molar refractivity (Wildman–Crippen MR) is 147 cm³/mol. The van der Waals surface area contributed by atoms with Gasteiger partial charge in [0.2, 0.25) is 0 Å². The van der Waals surface area contributed by atoms with E-state index in [0.717, 1.165) is 48.0 Å². The van der Waals surface area contributed by atoms with Crippen molar-refractivity contribution in [3.05, 3.63) is 87.0 Å². The SMILES string of the molecule is CCCC(c1nnnn1Cc1ccccc1)N(Cc1cc2cc(C)c(C)cc2[nH]c1=O)C1CCCCC1. The Labute approximate surface area is 218 Å². The fourth-order valence-corrected chi connectivity index (χ4v) is 5.78. The van der Waals surface area contributed by atoms with E-state index in [1.807, 2.05) is 22.9 Å². The normalized spacial score (nSPS) is 15.5. The minimum absolute atomic E-state index is 0.00399. The number of pyridine rings is 1. The standard InChI is InChI=1S/C30H38N6O/c1-4-11-28(29-32-33-34-36(29)19-23-12-7-5-8-13-23)35(26-14-9-6-10-15-26)20-25-18-24-16-21(2)22(3)17-27(24)31-30(25)37/h5,7-8,12-13,16-18,26,28H,4,6,9-11,14-15,19-20H2,1-3H3,(H,31,37). The van der Waals surface area contributed by atoms with Gasteiger partial charge in [-0.25, -0.2) is 4.68 Å². The van der Waals surface area contributed by atoms with Crippen LogP contribution in [-0.4, -0.2) is 36.1 Å². The molecule has 1 aliphatic rings. The Balaban J connectivity index is 1.53. The molecule has 37 heavy (non-hydrogen) atoms. The van der Waals surface area contributed by atoms with Gasteiger partial charge in [-0.1, -0.05) is 62.9 Å². The monoisotopic (exact) mass is 498 g/mol. The Morgan fingerprint density at radius 3 is 2.57 bits per heavy atom. The van der Waals surface area contributed by atoms with Crippen LogP contribution in [0.4, 0.5) is 0 Å². The minimum atomic E-state index is -0.00399. The van der Waals surface area contributed by atoms with E-state index in [2.05, 4.69) is 76.5 Å². The van der Waals surface area contributed by atoms with Crippen molar-refractivity contribution in [2.24, 2.45) is 0 Å². The van der Waals surface area contributed by atoms with Crippen molar-refractivity contribution in [2.75, 3.05) is 0 Å². The summed E-state index contributed by atoms with van der Waals surface area (Å²) in [5, 5.41) is 14.1.